The molecule has 9 heteroatoms. The number of nitro groups is 1. The van der Waals surface area contributed by atoms with Crippen molar-refractivity contribution in [3.63, 3.8) is 0 Å². The highest BCUT2D eigenvalue weighted by atomic mass is 32.2. The van der Waals surface area contributed by atoms with Crippen LogP contribution in [0.25, 0.3) is 0 Å². The fourth-order valence-electron chi connectivity index (χ4n) is 1.62. The van der Waals surface area contributed by atoms with Gasteiger partial charge < -0.3 is 15.2 Å². The number of phenols is 1. The molecule has 2 rings (SSSR count). The molecule has 0 amide bonds. The summed E-state index contributed by atoms with van der Waals surface area (Å²) in [4.78, 5) is 13.0. The monoisotopic (exact) mass is 309 g/mol. The molecule has 2 N–H and O–H groups in total. The van der Waals surface area contributed by atoms with Crippen LogP contribution in [0.1, 0.15) is 5.56 Å². The molecule has 0 radical (unpaired) electrons. The minimum absolute atomic E-state index is 0.0517. The molecule has 0 spiro atoms. The summed E-state index contributed by atoms with van der Waals surface area (Å²) >= 11 is 0. The number of para-hydroxylation sites is 1. The number of aromatic nitrogens is 1. The van der Waals surface area contributed by atoms with E-state index in [4.69, 9.17) is 0 Å². The van der Waals surface area contributed by atoms with Crippen molar-refractivity contribution in [3.05, 3.63) is 52.2 Å². The lowest BCUT2D eigenvalue weighted by atomic mass is 10.2. The number of nitrogens with zero attached hydrogens (tertiary/aromatic N) is 2. The highest BCUT2D eigenvalue weighted by molar-refractivity contribution is 7.92. The molecule has 1 aromatic carbocycles. The van der Waals surface area contributed by atoms with E-state index in [-0.39, 0.29) is 16.3 Å². The Morgan fingerprint density at radius 1 is 1.29 bits per heavy atom. The summed E-state index contributed by atoms with van der Waals surface area (Å²) in [5, 5.41) is 20.2. The summed E-state index contributed by atoms with van der Waals surface area (Å²) < 4.78 is 26.5. The molecule has 0 aliphatic carbocycles. The van der Waals surface area contributed by atoms with Gasteiger partial charge in [0.2, 0.25) is 0 Å². The van der Waals surface area contributed by atoms with E-state index in [1.165, 1.54) is 6.07 Å². The van der Waals surface area contributed by atoms with Crippen LogP contribution in [0.5, 0.6) is 5.75 Å². The largest absolute Gasteiger partial charge is 0.506 e. The molecule has 8 nitrogen and oxygen atoms in total. The van der Waals surface area contributed by atoms with E-state index in [1.54, 1.807) is 19.1 Å². The van der Waals surface area contributed by atoms with E-state index in [0.717, 1.165) is 18.3 Å². The van der Waals surface area contributed by atoms with Crippen molar-refractivity contribution in [2.45, 2.75) is 11.8 Å². The first-order chi connectivity index (χ1) is 9.81. The second-order valence-corrected chi connectivity index (χ2v) is 5.87. The number of sulfonamides is 1. The quantitative estimate of drug-likeness (QED) is 0.504. The maximum atomic E-state index is 12.2. The fourth-order valence-corrected chi connectivity index (χ4v) is 2.71. The van der Waals surface area contributed by atoms with Crippen LogP contribution in [-0.2, 0) is 10.0 Å². The number of nitrogens with one attached hydrogen (secondary N) is 1. The molecular formula is C12H11N3O5S. The number of rotatable bonds is 4. The van der Waals surface area contributed by atoms with Gasteiger partial charge >= 0.3 is 5.82 Å². The number of hydrogen-bond donors (Lipinski definition) is 2. The van der Waals surface area contributed by atoms with E-state index in [9.17, 15) is 23.6 Å². The van der Waals surface area contributed by atoms with E-state index in [1.807, 2.05) is 0 Å². The molecule has 1 aromatic heterocycles. The SMILES string of the molecule is Cc1cccc(O)c1NS(=O)(=O)c1ccc([N+](=O)[O-])nc1. The van der Waals surface area contributed by atoms with Crippen LogP contribution in [0.4, 0.5) is 11.5 Å². The molecule has 0 saturated heterocycles. The van der Waals surface area contributed by atoms with Crippen LogP contribution in [0.2, 0.25) is 0 Å². The fraction of sp³-hybridized carbons (Fsp3) is 0.0833. The van der Waals surface area contributed by atoms with Crippen LogP contribution in [0.15, 0.2) is 41.4 Å². The maximum absolute atomic E-state index is 12.2. The second-order valence-electron chi connectivity index (χ2n) is 4.18. The first-order valence-corrected chi connectivity index (χ1v) is 7.21. The van der Waals surface area contributed by atoms with Gasteiger partial charge in [0.1, 0.15) is 10.6 Å². The third-order valence-electron chi connectivity index (χ3n) is 2.71. The van der Waals surface area contributed by atoms with Gasteiger partial charge in [-0.05, 0) is 34.5 Å². The zero-order valence-electron chi connectivity index (χ0n) is 10.8. The van der Waals surface area contributed by atoms with Crippen molar-refractivity contribution in [3.8, 4) is 5.75 Å². The van der Waals surface area contributed by atoms with Gasteiger partial charge in [-0.2, -0.15) is 0 Å². The van der Waals surface area contributed by atoms with Gasteiger partial charge in [0, 0.05) is 6.07 Å². The van der Waals surface area contributed by atoms with Crippen molar-refractivity contribution in [2.75, 3.05) is 4.72 Å². The molecule has 2 aromatic rings. The average Bonchev–Trinajstić information content (AvgIpc) is 2.43. The van der Waals surface area contributed by atoms with E-state index in [0.29, 0.717) is 5.56 Å². The molecule has 1 heterocycles. The highest BCUT2D eigenvalue weighted by Crippen LogP contribution is 2.29. The lowest BCUT2D eigenvalue weighted by molar-refractivity contribution is -0.389. The molecule has 0 aliphatic heterocycles. The van der Waals surface area contributed by atoms with Gasteiger partial charge in [0.05, 0.1) is 5.69 Å². The van der Waals surface area contributed by atoms with Gasteiger partial charge in [-0.1, -0.05) is 12.1 Å². The maximum Gasteiger partial charge on any atom is 0.363 e. The van der Waals surface area contributed by atoms with Crippen molar-refractivity contribution >= 4 is 21.5 Å². The van der Waals surface area contributed by atoms with Crippen LogP contribution in [-0.4, -0.2) is 23.4 Å². The van der Waals surface area contributed by atoms with E-state index in [2.05, 4.69) is 9.71 Å². The van der Waals surface area contributed by atoms with Crippen LogP contribution < -0.4 is 4.72 Å². The minimum Gasteiger partial charge on any atom is -0.506 e. The minimum atomic E-state index is -4.00. The first kappa shape index (κ1) is 14.7. The Morgan fingerprint density at radius 2 is 2.00 bits per heavy atom. The first-order valence-electron chi connectivity index (χ1n) is 5.73. The Hall–Kier alpha value is -2.68. The van der Waals surface area contributed by atoms with E-state index < -0.39 is 20.8 Å². The van der Waals surface area contributed by atoms with Crippen molar-refractivity contribution < 1.29 is 18.4 Å². The number of benzene rings is 1. The molecule has 0 fully saturated rings. The summed E-state index contributed by atoms with van der Waals surface area (Å²) in [6.45, 7) is 1.63. The van der Waals surface area contributed by atoms with Crippen LogP contribution >= 0.6 is 0 Å². The summed E-state index contributed by atoms with van der Waals surface area (Å²) in [5.41, 5.74) is 0.587. The molecule has 0 atom stereocenters. The van der Waals surface area contributed by atoms with Crippen molar-refractivity contribution in [1.82, 2.24) is 4.98 Å². The Kier molecular flexibility index (Phi) is 3.76. The Bertz CT molecular complexity index is 767. The predicted octanol–water partition coefficient (Wildman–Crippen LogP) is 1.80. The number of phenolic OH excluding ortho intramolecular Hbond substituents is 1. The third kappa shape index (κ3) is 3.08. The van der Waals surface area contributed by atoms with E-state index >= 15 is 0 Å². The molecule has 0 bridgehead atoms. The zero-order valence-corrected chi connectivity index (χ0v) is 11.7. The van der Waals surface area contributed by atoms with Gasteiger partial charge in [-0.15, -0.1) is 0 Å². The topological polar surface area (TPSA) is 122 Å². The predicted molar refractivity (Wildman–Crippen MR) is 74.5 cm³/mol. The Morgan fingerprint density at radius 3 is 2.52 bits per heavy atom. The number of aromatic hydroxyl groups is 1. The summed E-state index contributed by atoms with van der Waals surface area (Å²) in [5.74, 6) is -0.666. The smallest absolute Gasteiger partial charge is 0.363 e. The molecule has 0 aliphatic rings. The number of aryl methyl sites for hydroxylation is 1. The molecule has 0 saturated carbocycles. The number of hydrogen-bond acceptors (Lipinski definition) is 6. The Balaban J connectivity index is 2.36. The van der Waals surface area contributed by atoms with Crippen LogP contribution in [0.3, 0.4) is 0 Å². The molecule has 0 unspecified atom stereocenters. The summed E-state index contributed by atoms with van der Waals surface area (Å²) in [6.07, 6.45) is 0.885. The second kappa shape index (κ2) is 5.37. The number of pyridine rings is 1. The van der Waals surface area contributed by atoms with Crippen LogP contribution in [0, 0.1) is 17.0 Å². The van der Waals surface area contributed by atoms with Gasteiger partial charge in [-0.3, -0.25) is 4.72 Å². The molecular weight excluding hydrogens is 298 g/mol. The average molecular weight is 309 g/mol. The normalized spacial score (nSPS) is 11.1. The lowest BCUT2D eigenvalue weighted by Crippen LogP contribution is -2.14. The van der Waals surface area contributed by atoms with Crippen molar-refractivity contribution in [1.29, 1.82) is 0 Å². The Labute approximate surface area is 120 Å². The lowest BCUT2D eigenvalue weighted by Gasteiger charge is -2.11. The molecule has 21 heavy (non-hydrogen) atoms. The third-order valence-corrected chi connectivity index (χ3v) is 4.04. The van der Waals surface area contributed by atoms with Gasteiger partial charge in [0.15, 0.2) is 6.20 Å². The summed E-state index contributed by atoms with van der Waals surface area (Å²) in [6, 6.07) is 6.62. The zero-order chi connectivity index (χ0) is 15.6. The van der Waals surface area contributed by atoms with Gasteiger partial charge in [-0.25, -0.2) is 8.42 Å². The molecule has 110 valence electrons. The van der Waals surface area contributed by atoms with Crippen molar-refractivity contribution in [2.24, 2.45) is 0 Å². The highest BCUT2D eigenvalue weighted by Gasteiger charge is 2.20. The van der Waals surface area contributed by atoms with Gasteiger partial charge in [0.25, 0.3) is 10.0 Å². The standard InChI is InChI=1S/C12H11N3O5S/c1-8-3-2-4-10(16)12(8)14-21(19,20)9-5-6-11(13-7-9)15(17)18/h2-7,14,16H,1H3. The number of anilines is 1. The summed E-state index contributed by atoms with van der Waals surface area (Å²) in [7, 11) is -4.00.